The Hall–Kier alpha value is -3.65. The fourth-order valence-electron chi connectivity index (χ4n) is 4.17. The van der Waals surface area contributed by atoms with E-state index in [9.17, 15) is 4.79 Å². The summed E-state index contributed by atoms with van der Waals surface area (Å²) < 4.78 is 6.16. The predicted molar refractivity (Wildman–Crippen MR) is 108 cm³/mol. The Labute approximate surface area is 155 Å². The van der Waals surface area contributed by atoms with E-state index in [1.165, 1.54) is 0 Å². The first-order valence-electron chi connectivity index (χ1n) is 9.00. The van der Waals surface area contributed by atoms with Crippen LogP contribution in [0.4, 0.5) is 0 Å². The molecular weight excluding hydrogens is 332 g/mol. The van der Waals surface area contributed by atoms with Gasteiger partial charge in [0, 0.05) is 27.5 Å². The van der Waals surface area contributed by atoms with E-state index in [0.717, 1.165) is 55.3 Å². The van der Waals surface area contributed by atoms with Gasteiger partial charge in [-0.3, -0.25) is 4.79 Å². The molecule has 0 saturated heterocycles. The quantitative estimate of drug-likeness (QED) is 0.342. The Balaban J connectivity index is 1.60. The fourth-order valence-corrected chi connectivity index (χ4v) is 4.17. The molecule has 27 heavy (non-hydrogen) atoms. The van der Waals surface area contributed by atoms with Crippen LogP contribution in [0, 0.1) is 0 Å². The molecule has 0 saturated carbocycles. The van der Waals surface area contributed by atoms with E-state index in [1.807, 2.05) is 54.6 Å². The SMILES string of the molecule is O=C1c2ccccc2-c2ccc(-c3cccc4c3oc3ccccc34)cc21. The minimum atomic E-state index is 0.0965. The van der Waals surface area contributed by atoms with Crippen LogP contribution >= 0.6 is 0 Å². The van der Waals surface area contributed by atoms with Crippen molar-refractivity contribution >= 4 is 27.7 Å². The Morgan fingerprint density at radius 1 is 0.556 bits per heavy atom. The molecule has 0 atom stereocenters. The molecule has 0 spiro atoms. The van der Waals surface area contributed by atoms with Crippen molar-refractivity contribution in [3.8, 4) is 22.3 Å². The van der Waals surface area contributed by atoms with Gasteiger partial charge in [-0.2, -0.15) is 0 Å². The first-order chi connectivity index (χ1) is 13.3. The molecule has 1 aromatic heterocycles. The topological polar surface area (TPSA) is 30.2 Å². The van der Waals surface area contributed by atoms with E-state index in [4.69, 9.17) is 4.42 Å². The Kier molecular flexibility index (Phi) is 2.78. The fraction of sp³-hybridized carbons (Fsp3) is 0. The maximum absolute atomic E-state index is 12.9. The van der Waals surface area contributed by atoms with Crippen molar-refractivity contribution in [3.05, 3.63) is 96.1 Å². The Morgan fingerprint density at radius 3 is 2.19 bits per heavy atom. The number of hydrogen-bond acceptors (Lipinski definition) is 2. The highest BCUT2D eigenvalue weighted by Crippen LogP contribution is 2.41. The molecule has 0 unspecified atom stereocenters. The zero-order valence-electron chi connectivity index (χ0n) is 14.4. The van der Waals surface area contributed by atoms with Gasteiger partial charge in [0.2, 0.25) is 0 Å². The number of benzene rings is 4. The molecule has 4 aromatic carbocycles. The number of fused-ring (bicyclic) bond motifs is 6. The molecule has 0 radical (unpaired) electrons. The van der Waals surface area contributed by atoms with Gasteiger partial charge < -0.3 is 4.42 Å². The second kappa shape index (κ2) is 5.18. The van der Waals surface area contributed by atoms with E-state index in [1.54, 1.807) is 0 Å². The molecule has 0 bridgehead atoms. The largest absolute Gasteiger partial charge is 0.455 e. The smallest absolute Gasteiger partial charge is 0.194 e. The summed E-state index contributed by atoms with van der Waals surface area (Å²) in [7, 11) is 0. The summed E-state index contributed by atoms with van der Waals surface area (Å²) in [5.41, 5.74) is 7.33. The number of ketones is 1. The van der Waals surface area contributed by atoms with Crippen LogP contribution in [0.25, 0.3) is 44.2 Å². The molecule has 6 rings (SSSR count). The van der Waals surface area contributed by atoms with Crippen molar-refractivity contribution < 1.29 is 9.21 Å². The molecule has 0 aliphatic heterocycles. The number of furan rings is 1. The van der Waals surface area contributed by atoms with E-state index in [2.05, 4.69) is 30.3 Å². The molecule has 2 heteroatoms. The highest BCUT2D eigenvalue weighted by molar-refractivity contribution is 6.22. The lowest BCUT2D eigenvalue weighted by Gasteiger charge is -2.06. The van der Waals surface area contributed by atoms with Gasteiger partial charge in [0.25, 0.3) is 0 Å². The summed E-state index contributed by atoms with van der Waals surface area (Å²) in [6, 6.07) is 28.2. The monoisotopic (exact) mass is 346 g/mol. The zero-order valence-corrected chi connectivity index (χ0v) is 14.4. The molecule has 2 nitrogen and oxygen atoms in total. The maximum atomic E-state index is 12.9. The van der Waals surface area contributed by atoms with Gasteiger partial charge >= 0.3 is 0 Å². The van der Waals surface area contributed by atoms with Crippen LogP contribution in [0.1, 0.15) is 15.9 Å². The van der Waals surface area contributed by atoms with Crippen molar-refractivity contribution in [2.45, 2.75) is 0 Å². The van der Waals surface area contributed by atoms with Crippen molar-refractivity contribution in [2.24, 2.45) is 0 Å². The zero-order chi connectivity index (χ0) is 18.0. The summed E-state index contributed by atoms with van der Waals surface area (Å²) in [5, 5.41) is 2.21. The lowest BCUT2D eigenvalue weighted by molar-refractivity contribution is 0.104. The van der Waals surface area contributed by atoms with Gasteiger partial charge in [0.15, 0.2) is 5.78 Å². The van der Waals surface area contributed by atoms with Crippen molar-refractivity contribution in [1.29, 1.82) is 0 Å². The third kappa shape index (κ3) is 1.92. The Morgan fingerprint density at radius 2 is 1.26 bits per heavy atom. The van der Waals surface area contributed by atoms with Crippen LogP contribution in [-0.4, -0.2) is 5.78 Å². The lowest BCUT2D eigenvalue weighted by atomic mass is 9.97. The summed E-state index contributed by atoms with van der Waals surface area (Å²) in [6.07, 6.45) is 0. The third-order valence-corrected chi connectivity index (χ3v) is 5.44. The minimum absolute atomic E-state index is 0.0965. The van der Waals surface area contributed by atoms with Crippen LogP contribution in [0.5, 0.6) is 0 Å². The second-order valence-electron chi connectivity index (χ2n) is 6.92. The van der Waals surface area contributed by atoms with E-state index in [-0.39, 0.29) is 5.78 Å². The van der Waals surface area contributed by atoms with E-state index in [0.29, 0.717) is 0 Å². The average Bonchev–Trinajstić information content (AvgIpc) is 3.24. The minimum Gasteiger partial charge on any atom is -0.455 e. The van der Waals surface area contributed by atoms with Gasteiger partial charge in [-0.15, -0.1) is 0 Å². The molecule has 126 valence electrons. The molecule has 0 amide bonds. The highest BCUT2D eigenvalue weighted by Gasteiger charge is 2.26. The first kappa shape index (κ1) is 14.5. The molecule has 0 N–H and O–H groups in total. The van der Waals surface area contributed by atoms with E-state index < -0.39 is 0 Å². The highest BCUT2D eigenvalue weighted by atomic mass is 16.3. The van der Waals surface area contributed by atoms with Crippen LogP contribution in [0.15, 0.2) is 89.3 Å². The molecule has 1 aliphatic rings. The van der Waals surface area contributed by atoms with E-state index >= 15 is 0 Å². The summed E-state index contributed by atoms with van der Waals surface area (Å²) in [4.78, 5) is 12.9. The van der Waals surface area contributed by atoms with Crippen LogP contribution in [-0.2, 0) is 0 Å². The third-order valence-electron chi connectivity index (χ3n) is 5.44. The predicted octanol–water partition coefficient (Wildman–Crippen LogP) is 6.46. The standard InChI is InChI=1S/C25H14O2/c26-24-20-8-2-1-6-17(20)18-13-12-15(14-22(18)24)16-9-5-10-21-19-7-3-4-11-23(19)27-25(16)21/h1-14H. The molecule has 0 fully saturated rings. The number of rotatable bonds is 1. The number of para-hydroxylation sites is 2. The average molecular weight is 346 g/mol. The second-order valence-corrected chi connectivity index (χ2v) is 6.92. The van der Waals surface area contributed by atoms with Crippen molar-refractivity contribution in [2.75, 3.05) is 0 Å². The summed E-state index contributed by atoms with van der Waals surface area (Å²) in [5.74, 6) is 0.0965. The van der Waals surface area contributed by atoms with Gasteiger partial charge in [-0.1, -0.05) is 72.8 Å². The molecule has 1 heterocycles. The lowest BCUT2D eigenvalue weighted by Crippen LogP contribution is -1.95. The summed E-state index contributed by atoms with van der Waals surface area (Å²) >= 11 is 0. The van der Waals surface area contributed by atoms with Crippen molar-refractivity contribution in [3.63, 3.8) is 0 Å². The van der Waals surface area contributed by atoms with Crippen molar-refractivity contribution in [1.82, 2.24) is 0 Å². The maximum Gasteiger partial charge on any atom is 0.194 e. The molecule has 5 aromatic rings. The van der Waals surface area contributed by atoms with Crippen LogP contribution < -0.4 is 0 Å². The molecular formula is C25H14O2. The van der Waals surface area contributed by atoms with Gasteiger partial charge in [0.05, 0.1) is 0 Å². The van der Waals surface area contributed by atoms with Gasteiger partial charge in [-0.25, -0.2) is 0 Å². The first-order valence-corrected chi connectivity index (χ1v) is 9.00. The van der Waals surface area contributed by atoms with Gasteiger partial charge in [0.1, 0.15) is 11.2 Å². The summed E-state index contributed by atoms with van der Waals surface area (Å²) in [6.45, 7) is 0. The Bertz CT molecular complexity index is 1390. The van der Waals surface area contributed by atoms with Gasteiger partial charge in [-0.05, 0) is 28.8 Å². The molecule has 1 aliphatic carbocycles. The number of carbonyl (C=O) groups is 1. The normalized spacial score (nSPS) is 12.5. The number of hydrogen-bond donors (Lipinski definition) is 0. The number of carbonyl (C=O) groups excluding carboxylic acids is 1. The van der Waals surface area contributed by atoms with Crippen LogP contribution in [0.2, 0.25) is 0 Å². The van der Waals surface area contributed by atoms with Crippen LogP contribution in [0.3, 0.4) is 0 Å².